The van der Waals surface area contributed by atoms with Gasteiger partial charge < -0.3 is 4.90 Å². The lowest BCUT2D eigenvalue weighted by molar-refractivity contribution is -0.135. The minimum atomic E-state index is 0.0137. The number of terminal acetylenes is 1. The van der Waals surface area contributed by atoms with Crippen LogP contribution in [0.15, 0.2) is 24.3 Å². The van der Waals surface area contributed by atoms with Crippen LogP contribution in [0.5, 0.6) is 0 Å². The van der Waals surface area contributed by atoms with Crippen LogP contribution in [0.4, 0.5) is 0 Å². The van der Waals surface area contributed by atoms with E-state index in [1.807, 2.05) is 18.7 Å². The highest BCUT2D eigenvalue weighted by atomic mass is 16.2. The number of carbonyl (C=O) groups excluding carboxylic acids is 1. The lowest BCUT2D eigenvalue weighted by atomic mass is 9.93. The highest BCUT2D eigenvalue weighted by Crippen LogP contribution is 2.29. The molecule has 124 valence electrons. The minimum absolute atomic E-state index is 0.0137. The SMILES string of the molecule is C#CC1CCN(C(=O)C(C)C)C1Cc1cccc(C#CC2CC2)c1. The maximum Gasteiger partial charge on any atom is 0.225 e. The molecule has 1 aromatic carbocycles. The van der Waals surface area contributed by atoms with Gasteiger partial charge in [0.15, 0.2) is 0 Å². The summed E-state index contributed by atoms with van der Waals surface area (Å²) in [6.45, 7) is 4.69. The zero-order valence-corrected chi connectivity index (χ0v) is 14.6. The van der Waals surface area contributed by atoms with Crippen molar-refractivity contribution in [2.45, 2.75) is 45.6 Å². The van der Waals surface area contributed by atoms with E-state index < -0.39 is 0 Å². The lowest BCUT2D eigenvalue weighted by Gasteiger charge is -2.28. The summed E-state index contributed by atoms with van der Waals surface area (Å²) in [5, 5.41) is 0. The molecule has 2 unspecified atom stereocenters. The van der Waals surface area contributed by atoms with Gasteiger partial charge in [0.2, 0.25) is 5.91 Å². The molecule has 0 radical (unpaired) electrons. The van der Waals surface area contributed by atoms with Gasteiger partial charge in [0.25, 0.3) is 0 Å². The van der Waals surface area contributed by atoms with Gasteiger partial charge in [0.1, 0.15) is 0 Å². The summed E-state index contributed by atoms with van der Waals surface area (Å²) in [7, 11) is 0. The number of benzene rings is 1. The van der Waals surface area contributed by atoms with Crippen LogP contribution in [0.3, 0.4) is 0 Å². The molecule has 2 atom stereocenters. The number of likely N-dealkylation sites (tertiary alicyclic amines) is 1. The van der Waals surface area contributed by atoms with E-state index in [1.54, 1.807) is 0 Å². The molecule has 2 aliphatic rings. The number of rotatable bonds is 3. The van der Waals surface area contributed by atoms with Crippen LogP contribution >= 0.6 is 0 Å². The summed E-state index contributed by atoms with van der Waals surface area (Å²) in [5.41, 5.74) is 2.28. The van der Waals surface area contributed by atoms with E-state index in [1.165, 1.54) is 18.4 Å². The van der Waals surface area contributed by atoms with Gasteiger partial charge in [-0.05, 0) is 43.4 Å². The molecule has 0 aromatic heterocycles. The van der Waals surface area contributed by atoms with Gasteiger partial charge in [-0.3, -0.25) is 4.79 Å². The molecular formula is C22H25NO. The molecule has 3 rings (SSSR count). The molecule has 0 bridgehead atoms. The fraction of sp³-hybridized carbons (Fsp3) is 0.500. The summed E-state index contributed by atoms with van der Waals surface area (Å²) in [6.07, 6.45) is 9.92. The molecular weight excluding hydrogens is 294 g/mol. The number of hydrogen-bond acceptors (Lipinski definition) is 1. The molecule has 0 N–H and O–H groups in total. The maximum absolute atomic E-state index is 12.5. The molecule has 1 aliphatic heterocycles. The molecule has 2 heteroatoms. The highest BCUT2D eigenvalue weighted by Gasteiger charge is 2.36. The van der Waals surface area contributed by atoms with E-state index in [4.69, 9.17) is 6.42 Å². The molecule has 1 heterocycles. The van der Waals surface area contributed by atoms with Gasteiger partial charge in [0.05, 0.1) is 0 Å². The Morgan fingerprint density at radius 3 is 2.79 bits per heavy atom. The van der Waals surface area contributed by atoms with Crippen molar-refractivity contribution in [2.75, 3.05) is 6.54 Å². The predicted octanol–water partition coefficient (Wildman–Crippen LogP) is 3.50. The summed E-state index contributed by atoms with van der Waals surface area (Å²) < 4.78 is 0. The van der Waals surface area contributed by atoms with Gasteiger partial charge in [0, 0.05) is 35.9 Å². The molecule has 1 aromatic rings. The second-order valence-corrected chi connectivity index (χ2v) is 7.26. The van der Waals surface area contributed by atoms with Crippen molar-refractivity contribution in [2.24, 2.45) is 17.8 Å². The van der Waals surface area contributed by atoms with Crippen LogP contribution in [-0.2, 0) is 11.2 Å². The largest absolute Gasteiger partial charge is 0.338 e. The fourth-order valence-corrected chi connectivity index (χ4v) is 3.34. The third kappa shape index (κ3) is 3.82. The minimum Gasteiger partial charge on any atom is -0.338 e. The predicted molar refractivity (Wildman–Crippen MR) is 97.0 cm³/mol. The Balaban J connectivity index is 1.77. The number of hydrogen-bond donors (Lipinski definition) is 0. The second kappa shape index (κ2) is 7.14. The zero-order chi connectivity index (χ0) is 17.1. The average Bonchev–Trinajstić information content (AvgIpc) is 3.33. The number of carbonyl (C=O) groups is 1. The van der Waals surface area contributed by atoms with E-state index >= 15 is 0 Å². The summed E-state index contributed by atoms with van der Waals surface area (Å²) >= 11 is 0. The van der Waals surface area contributed by atoms with Crippen molar-refractivity contribution >= 4 is 5.91 Å². The van der Waals surface area contributed by atoms with Crippen LogP contribution in [0.25, 0.3) is 0 Å². The number of amides is 1. The van der Waals surface area contributed by atoms with E-state index in [2.05, 4.69) is 42.0 Å². The average molecular weight is 319 g/mol. The van der Waals surface area contributed by atoms with Crippen LogP contribution in [0.1, 0.15) is 44.2 Å². The standard InChI is InChI=1S/C22H25NO/c1-4-20-12-13-23(22(24)16(2)3)21(20)15-19-7-5-6-18(14-19)11-10-17-8-9-17/h1,5-7,14,16-17,20-21H,8-9,12-13,15H2,2-3H3. The van der Waals surface area contributed by atoms with Gasteiger partial charge >= 0.3 is 0 Å². The molecule has 1 saturated heterocycles. The van der Waals surface area contributed by atoms with Crippen LogP contribution in [0, 0.1) is 41.9 Å². The second-order valence-electron chi connectivity index (χ2n) is 7.26. The van der Waals surface area contributed by atoms with Gasteiger partial charge in [-0.15, -0.1) is 12.3 Å². The van der Waals surface area contributed by atoms with E-state index in [0.717, 1.165) is 24.9 Å². The third-order valence-electron chi connectivity index (χ3n) is 4.91. The Morgan fingerprint density at radius 2 is 2.12 bits per heavy atom. The van der Waals surface area contributed by atoms with Gasteiger partial charge in [-0.2, -0.15) is 0 Å². The quantitative estimate of drug-likeness (QED) is 0.781. The fourth-order valence-electron chi connectivity index (χ4n) is 3.34. The Labute approximate surface area is 145 Å². The van der Waals surface area contributed by atoms with Crippen molar-refractivity contribution in [1.29, 1.82) is 0 Å². The topological polar surface area (TPSA) is 20.3 Å². The zero-order valence-electron chi connectivity index (χ0n) is 14.6. The van der Waals surface area contributed by atoms with Crippen molar-refractivity contribution in [3.8, 4) is 24.2 Å². The molecule has 0 spiro atoms. The smallest absolute Gasteiger partial charge is 0.225 e. The summed E-state index contributed by atoms with van der Waals surface area (Å²) in [5.74, 6) is 10.5. The molecule has 1 saturated carbocycles. The normalized spacial score (nSPS) is 22.8. The Kier molecular flexibility index (Phi) is 4.96. The van der Waals surface area contributed by atoms with Crippen molar-refractivity contribution < 1.29 is 4.79 Å². The first kappa shape index (κ1) is 16.7. The van der Waals surface area contributed by atoms with Crippen LogP contribution in [-0.4, -0.2) is 23.4 Å². The maximum atomic E-state index is 12.5. The Bertz CT molecular complexity index is 711. The first-order chi connectivity index (χ1) is 11.6. The number of nitrogens with zero attached hydrogens (tertiary/aromatic N) is 1. The van der Waals surface area contributed by atoms with Gasteiger partial charge in [-0.1, -0.05) is 37.8 Å². The summed E-state index contributed by atoms with van der Waals surface area (Å²) in [4.78, 5) is 14.5. The Morgan fingerprint density at radius 1 is 1.33 bits per heavy atom. The first-order valence-corrected chi connectivity index (χ1v) is 8.95. The van der Waals surface area contributed by atoms with Crippen molar-refractivity contribution in [1.82, 2.24) is 4.90 Å². The summed E-state index contributed by atoms with van der Waals surface area (Å²) in [6, 6.07) is 8.49. The van der Waals surface area contributed by atoms with E-state index in [9.17, 15) is 4.79 Å². The van der Waals surface area contributed by atoms with E-state index in [0.29, 0.717) is 5.92 Å². The van der Waals surface area contributed by atoms with E-state index in [-0.39, 0.29) is 23.8 Å². The van der Waals surface area contributed by atoms with Crippen molar-refractivity contribution in [3.05, 3.63) is 35.4 Å². The lowest BCUT2D eigenvalue weighted by Crippen LogP contribution is -2.41. The third-order valence-corrected chi connectivity index (χ3v) is 4.91. The molecule has 1 aliphatic carbocycles. The first-order valence-electron chi connectivity index (χ1n) is 8.95. The molecule has 2 nitrogen and oxygen atoms in total. The van der Waals surface area contributed by atoms with Crippen molar-refractivity contribution in [3.63, 3.8) is 0 Å². The van der Waals surface area contributed by atoms with Gasteiger partial charge in [-0.25, -0.2) is 0 Å². The monoisotopic (exact) mass is 319 g/mol. The Hall–Kier alpha value is -2.19. The molecule has 24 heavy (non-hydrogen) atoms. The molecule has 2 fully saturated rings. The van der Waals surface area contributed by atoms with Crippen LogP contribution < -0.4 is 0 Å². The van der Waals surface area contributed by atoms with Crippen LogP contribution in [0.2, 0.25) is 0 Å². The highest BCUT2D eigenvalue weighted by molar-refractivity contribution is 5.79. The molecule has 1 amide bonds.